The molecule has 3 rings (SSSR count). The first-order chi connectivity index (χ1) is 11.8. The van der Waals surface area contributed by atoms with Gasteiger partial charge in [0, 0.05) is 49.7 Å². The van der Waals surface area contributed by atoms with Crippen LogP contribution in [0.15, 0.2) is 67.4 Å². The van der Waals surface area contributed by atoms with Gasteiger partial charge in [0.15, 0.2) is 0 Å². The second-order valence-electron chi connectivity index (χ2n) is 5.84. The van der Waals surface area contributed by atoms with Crippen molar-refractivity contribution in [3.63, 3.8) is 0 Å². The molecule has 1 aromatic carbocycles. The lowest BCUT2D eigenvalue weighted by Gasteiger charge is -2.15. The molecule has 0 spiro atoms. The van der Waals surface area contributed by atoms with E-state index in [0.29, 0.717) is 0 Å². The van der Waals surface area contributed by atoms with Gasteiger partial charge in [-0.1, -0.05) is 18.2 Å². The third-order valence-corrected chi connectivity index (χ3v) is 3.98. The Morgan fingerprint density at radius 3 is 2.62 bits per heavy atom. The van der Waals surface area contributed by atoms with Crippen LogP contribution >= 0.6 is 0 Å². The minimum atomic E-state index is 0.156. The molecule has 0 aliphatic heterocycles. The van der Waals surface area contributed by atoms with Crippen LogP contribution in [0, 0.1) is 5.92 Å². The van der Waals surface area contributed by atoms with Gasteiger partial charge in [-0.2, -0.15) is 0 Å². The number of nitrogens with zero attached hydrogens (tertiary/aromatic N) is 3. The summed E-state index contributed by atoms with van der Waals surface area (Å²) < 4.78 is 1.98. The van der Waals surface area contributed by atoms with Crippen molar-refractivity contribution in [1.29, 1.82) is 0 Å². The first-order valence-corrected chi connectivity index (χ1v) is 8.14. The molecule has 0 amide bonds. The Hall–Kier alpha value is -2.50. The summed E-state index contributed by atoms with van der Waals surface area (Å²) in [4.78, 5) is 8.38. The number of hydrogen-bond donors (Lipinski definition) is 2. The van der Waals surface area contributed by atoms with Crippen molar-refractivity contribution in [3.8, 4) is 5.69 Å². The van der Waals surface area contributed by atoms with Crippen molar-refractivity contribution in [1.82, 2.24) is 19.9 Å². The van der Waals surface area contributed by atoms with Gasteiger partial charge in [-0.25, -0.2) is 4.98 Å². The van der Waals surface area contributed by atoms with Gasteiger partial charge < -0.3 is 15.0 Å². The number of rotatable bonds is 8. The first kappa shape index (κ1) is 16.4. The van der Waals surface area contributed by atoms with Crippen molar-refractivity contribution >= 4 is 0 Å². The molecule has 0 bridgehead atoms. The maximum atomic E-state index is 9.55. The second-order valence-corrected chi connectivity index (χ2v) is 5.84. The first-order valence-electron chi connectivity index (χ1n) is 8.14. The third-order valence-electron chi connectivity index (χ3n) is 3.98. The standard InChI is InChI=1S/C19H22N4O/c24-14-17(11-18-3-1-2-8-22-18)13-21-12-16-4-6-19(7-5-16)23-10-9-20-15-23/h1-10,15,17,21,24H,11-14H2. The highest BCUT2D eigenvalue weighted by Crippen LogP contribution is 2.10. The van der Waals surface area contributed by atoms with E-state index in [1.54, 1.807) is 18.7 Å². The zero-order valence-corrected chi connectivity index (χ0v) is 13.5. The number of pyridine rings is 1. The molecule has 124 valence electrons. The number of hydrogen-bond acceptors (Lipinski definition) is 4. The molecule has 5 nitrogen and oxygen atoms in total. The van der Waals surface area contributed by atoms with Crippen LogP contribution in [0.3, 0.4) is 0 Å². The molecule has 0 saturated carbocycles. The van der Waals surface area contributed by atoms with Gasteiger partial charge in [0.2, 0.25) is 0 Å². The van der Waals surface area contributed by atoms with E-state index in [2.05, 4.69) is 39.6 Å². The molecule has 2 N–H and O–H groups in total. The number of imidazole rings is 1. The van der Waals surface area contributed by atoms with Crippen LogP contribution < -0.4 is 5.32 Å². The van der Waals surface area contributed by atoms with Crippen LogP contribution in [0.1, 0.15) is 11.3 Å². The van der Waals surface area contributed by atoms with Gasteiger partial charge in [-0.3, -0.25) is 4.98 Å². The van der Waals surface area contributed by atoms with Crippen LogP contribution in [0.5, 0.6) is 0 Å². The highest BCUT2D eigenvalue weighted by molar-refractivity contribution is 5.34. The Balaban J connectivity index is 1.48. The largest absolute Gasteiger partial charge is 0.396 e. The van der Waals surface area contributed by atoms with E-state index in [1.165, 1.54) is 5.56 Å². The Morgan fingerprint density at radius 2 is 1.96 bits per heavy atom. The Bertz CT molecular complexity index is 711. The summed E-state index contributed by atoms with van der Waals surface area (Å²) in [6, 6.07) is 14.3. The SMILES string of the molecule is OCC(CNCc1ccc(-n2ccnc2)cc1)Cc1ccccn1. The van der Waals surface area contributed by atoms with Gasteiger partial charge in [-0.15, -0.1) is 0 Å². The fourth-order valence-corrected chi connectivity index (χ4v) is 2.63. The highest BCUT2D eigenvalue weighted by Gasteiger charge is 2.09. The van der Waals surface area contributed by atoms with E-state index in [9.17, 15) is 5.11 Å². The lowest BCUT2D eigenvalue weighted by Crippen LogP contribution is -2.26. The lowest BCUT2D eigenvalue weighted by atomic mass is 10.0. The molecule has 2 aromatic heterocycles. The molecule has 0 aliphatic rings. The fourth-order valence-electron chi connectivity index (χ4n) is 2.63. The Labute approximate surface area is 142 Å². The molecule has 5 heteroatoms. The predicted molar refractivity (Wildman–Crippen MR) is 93.8 cm³/mol. The Kier molecular flexibility index (Phi) is 5.71. The van der Waals surface area contributed by atoms with Gasteiger partial charge in [0.25, 0.3) is 0 Å². The van der Waals surface area contributed by atoms with Crippen LogP contribution in [-0.2, 0) is 13.0 Å². The molecule has 1 unspecified atom stereocenters. The maximum absolute atomic E-state index is 9.55. The number of aliphatic hydroxyl groups is 1. The summed E-state index contributed by atoms with van der Waals surface area (Å²) >= 11 is 0. The van der Waals surface area contributed by atoms with Gasteiger partial charge in [-0.05, 0) is 42.2 Å². The van der Waals surface area contributed by atoms with Crippen molar-refractivity contribution in [3.05, 3.63) is 78.6 Å². The minimum absolute atomic E-state index is 0.156. The topological polar surface area (TPSA) is 63.0 Å². The average Bonchev–Trinajstić information content (AvgIpc) is 3.17. The number of nitrogens with one attached hydrogen (secondary N) is 1. The molecule has 2 heterocycles. The summed E-state index contributed by atoms with van der Waals surface area (Å²) in [5.74, 6) is 0.171. The molecule has 1 atom stereocenters. The zero-order valence-electron chi connectivity index (χ0n) is 13.5. The molecule has 24 heavy (non-hydrogen) atoms. The van der Waals surface area contributed by atoms with Crippen LogP contribution in [-0.4, -0.2) is 32.8 Å². The molecule has 0 radical (unpaired) electrons. The molecular formula is C19H22N4O. The van der Waals surface area contributed by atoms with E-state index in [1.807, 2.05) is 29.0 Å². The Morgan fingerprint density at radius 1 is 1.08 bits per heavy atom. The molecule has 0 fully saturated rings. The van der Waals surface area contributed by atoms with Gasteiger partial charge in [0.05, 0.1) is 6.33 Å². The van der Waals surface area contributed by atoms with E-state index >= 15 is 0 Å². The zero-order chi connectivity index (χ0) is 16.6. The van der Waals surface area contributed by atoms with Gasteiger partial charge in [0.1, 0.15) is 0 Å². The normalized spacial score (nSPS) is 12.2. The van der Waals surface area contributed by atoms with E-state index in [0.717, 1.165) is 30.9 Å². The molecule has 0 saturated heterocycles. The quantitative estimate of drug-likeness (QED) is 0.667. The smallest absolute Gasteiger partial charge is 0.0991 e. The van der Waals surface area contributed by atoms with Gasteiger partial charge >= 0.3 is 0 Å². The van der Waals surface area contributed by atoms with Crippen LogP contribution in [0.2, 0.25) is 0 Å². The van der Waals surface area contributed by atoms with Crippen molar-refractivity contribution in [2.75, 3.05) is 13.2 Å². The summed E-state index contributed by atoms with van der Waals surface area (Å²) in [7, 11) is 0. The van der Waals surface area contributed by atoms with E-state index in [-0.39, 0.29) is 12.5 Å². The van der Waals surface area contributed by atoms with Crippen molar-refractivity contribution in [2.45, 2.75) is 13.0 Å². The van der Waals surface area contributed by atoms with Crippen LogP contribution in [0.4, 0.5) is 0 Å². The van der Waals surface area contributed by atoms with Crippen molar-refractivity contribution in [2.24, 2.45) is 5.92 Å². The molecule has 0 aliphatic carbocycles. The summed E-state index contributed by atoms with van der Waals surface area (Å²) in [5, 5.41) is 13.0. The fraction of sp³-hybridized carbons (Fsp3) is 0.263. The number of aliphatic hydroxyl groups excluding tert-OH is 1. The number of aromatic nitrogens is 3. The second kappa shape index (κ2) is 8.38. The minimum Gasteiger partial charge on any atom is -0.396 e. The monoisotopic (exact) mass is 322 g/mol. The summed E-state index contributed by atoms with van der Waals surface area (Å²) in [6.45, 7) is 1.70. The maximum Gasteiger partial charge on any atom is 0.0991 e. The number of benzene rings is 1. The van der Waals surface area contributed by atoms with E-state index < -0.39 is 0 Å². The van der Waals surface area contributed by atoms with E-state index in [4.69, 9.17) is 0 Å². The third kappa shape index (κ3) is 4.50. The van der Waals surface area contributed by atoms with Crippen molar-refractivity contribution < 1.29 is 5.11 Å². The lowest BCUT2D eigenvalue weighted by molar-refractivity contribution is 0.220. The average molecular weight is 322 g/mol. The molecule has 3 aromatic rings. The highest BCUT2D eigenvalue weighted by atomic mass is 16.3. The van der Waals surface area contributed by atoms with Crippen LogP contribution in [0.25, 0.3) is 5.69 Å². The summed E-state index contributed by atoms with van der Waals surface area (Å²) in [5.41, 5.74) is 3.33. The molecular weight excluding hydrogens is 300 g/mol. The summed E-state index contributed by atoms with van der Waals surface area (Å²) in [6.07, 6.45) is 8.06. The predicted octanol–water partition coefficient (Wildman–Crippen LogP) is 2.21.